The molecule has 2 aromatic rings. The van der Waals surface area contributed by atoms with Gasteiger partial charge in [0.05, 0.1) is 5.57 Å². The second kappa shape index (κ2) is 10.8. The zero-order valence-electron chi connectivity index (χ0n) is 16.0. The van der Waals surface area contributed by atoms with E-state index in [0.717, 1.165) is 11.1 Å². The van der Waals surface area contributed by atoms with Crippen LogP contribution in [0.2, 0.25) is 0 Å². The van der Waals surface area contributed by atoms with Crippen LogP contribution in [0.25, 0.3) is 11.6 Å². The van der Waals surface area contributed by atoms with Gasteiger partial charge in [-0.2, -0.15) is 0 Å². The molecule has 0 aliphatic heterocycles. The minimum absolute atomic E-state index is 0.322. The van der Waals surface area contributed by atoms with Crippen molar-refractivity contribution >= 4 is 26.7 Å². The van der Waals surface area contributed by atoms with Gasteiger partial charge < -0.3 is 17.7 Å². The molecule has 6 heteroatoms. The molecule has 0 spiro atoms. The Hall–Kier alpha value is -2.25. The molecule has 0 heterocycles. The van der Waals surface area contributed by atoms with Crippen molar-refractivity contribution in [3.8, 4) is 0 Å². The molecule has 2 rings (SSSR count). The van der Waals surface area contributed by atoms with Crippen LogP contribution in [-0.2, 0) is 22.5 Å². The highest BCUT2D eigenvalue weighted by molar-refractivity contribution is 6.57. The zero-order valence-corrected chi connectivity index (χ0v) is 17.0. The van der Waals surface area contributed by atoms with Crippen LogP contribution in [0.15, 0.2) is 60.7 Å². The Morgan fingerprint density at radius 2 is 1.30 bits per heavy atom. The second-order valence-corrected chi connectivity index (χ2v) is 7.59. The molecule has 0 aromatic heterocycles. The number of carbonyl (C=O) groups is 1. The summed E-state index contributed by atoms with van der Waals surface area (Å²) in [6, 6.07) is 19.0. The van der Waals surface area contributed by atoms with E-state index < -0.39 is 15.0 Å². The van der Waals surface area contributed by atoms with Crippen molar-refractivity contribution in [1.29, 1.82) is 0 Å². The van der Waals surface area contributed by atoms with Crippen molar-refractivity contribution in [2.24, 2.45) is 0 Å². The van der Waals surface area contributed by atoms with E-state index >= 15 is 0 Å². The maximum atomic E-state index is 13.1. The van der Waals surface area contributed by atoms with Crippen LogP contribution in [0.1, 0.15) is 31.9 Å². The van der Waals surface area contributed by atoms with Gasteiger partial charge in [0.2, 0.25) is 0 Å². The van der Waals surface area contributed by atoms with Crippen LogP contribution in [0.3, 0.4) is 0 Å². The maximum absolute atomic E-state index is 13.1. The lowest BCUT2D eigenvalue weighted by Crippen LogP contribution is -2.50. The average molecular weight is 387 g/mol. The van der Waals surface area contributed by atoms with Crippen LogP contribution in [0.4, 0.5) is 0 Å². The molecule has 0 amide bonds. The Morgan fingerprint density at radius 3 is 1.78 bits per heavy atom. The third-order valence-electron chi connectivity index (χ3n) is 3.60. The summed E-state index contributed by atoms with van der Waals surface area (Å²) < 4.78 is 22.6. The predicted octanol–water partition coefficient (Wildman–Crippen LogP) is 4.32. The first-order valence-electron chi connectivity index (χ1n) is 9.11. The number of rotatable bonds is 10. The summed E-state index contributed by atoms with van der Waals surface area (Å²) in [5, 5.41) is 0. The number of hydrogen-bond acceptors (Lipinski definition) is 5. The molecule has 0 bridgehead atoms. The summed E-state index contributed by atoms with van der Waals surface area (Å²) in [6.45, 7) is 6.40. The molecule has 0 radical (unpaired) electrons. The Bertz CT molecular complexity index is 714. The fourth-order valence-electron chi connectivity index (χ4n) is 2.51. The van der Waals surface area contributed by atoms with E-state index in [1.165, 1.54) is 0 Å². The topological polar surface area (TPSA) is 54.0 Å². The molecule has 0 aliphatic rings. The molecule has 0 N–H and O–H groups in total. The van der Waals surface area contributed by atoms with Crippen LogP contribution < -0.4 is 0 Å². The van der Waals surface area contributed by atoms with Crippen molar-refractivity contribution in [1.82, 2.24) is 0 Å². The molecule has 2 aromatic carbocycles. The molecule has 0 unspecified atom stereocenters. The lowest BCUT2D eigenvalue weighted by atomic mass is 10.0. The summed E-state index contributed by atoms with van der Waals surface area (Å²) in [5.41, 5.74) is 2.06. The van der Waals surface area contributed by atoms with Crippen molar-refractivity contribution in [3.05, 3.63) is 71.8 Å². The first kappa shape index (κ1) is 21.1. The maximum Gasteiger partial charge on any atom is 0.751 e. The fourth-order valence-corrected chi connectivity index (χ4v) is 4.33. The van der Waals surface area contributed by atoms with E-state index in [1.807, 2.05) is 81.4 Å². The third kappa shape index (κ3) is 6.15. The minimum Gasteiger partial charge on any atom is -0.448 e. The van der Waals surface area contributed by atoms with E-state index in [-0.39, 0.29) is 0 Å². The van der Waals surface area contributed by atoms with Crippen LogP contribution in [0.5, 0.6) is 0 Å². The van der Waals surface area contributed by atoms with Crippen LogP contribution >= 0.6 is 0 Å². The number of hydrogen-bond donors (Lipinski definition) is 0. The molecule has 5 nitrogen and oxygen atoms in total. The van der Waals surface area contributed by atoms with Crippen molar-refractivity contribution < 1.29 is 22.5 Å². The van der Waals surface area contributed by atoms with Gasteiger partial charge in [-0.25, -0.2) is 4.79 Å². The summed E-state index contributed by atoms with van der Waals surface area (Å²) in [4.78, 5) is 13.1. The van der Waals surface area contributed by atoms with Crippen molar-refractivity contribution in [2.75, 3.05) is 19.8 Å². The van der Waals surface area contributed by atoms with Crippen LogP contribution in [-0.4, -0.2) is 34.8 Å². The van der Waals surface area contributed by atoms with Gasteiger partial charge >= 0.3 is 15.0 Å². The minimum atomic E-state index is -3.56. The first-order valence-corrected chi connectivity index (χ1v) is 10.7. The average Bonchev–Trinajstić information content (AvgIpc) is 2.68. The zero-order chi connectivity index (χ0) is 19.5. The number of carbonyl (C=O) groups excluding carboxylic acids is 1. The third-order valence-corrected chi connectivity index (χ3v) is 5.96. The highest BCUT2D eigenvalue weighted by Crippen LogP contribution is 2.23. The van der Waals surface area contributed by atoms with Gasteiger partial charge in [0.25, 0.3) is 0 Å². The van der Waals surface area contributed by atoms with E-state index in [1.54, 1.807) is 6.08 Å². The van der Waals surface area contributed by atoms with Gasteiger partial charge in [0.1, 0.15) is 0 Å². The van der Waals surface area contributed by atoms with Gasteiger partial charge in [-0.3, -0.25) is 0 Å². The van der Waals surface area contributed by atoms with Gasteiger partial charge in [0, 0.05) is 19.8 Å². The molecular formula is C21H26O5Si. The SMILES string of the molecule is CCO[Si](OCC)(OCC)OC(=O)/C(=C/c1ccccc1)c1ccccc1. The predicted molar refractivity (Wildman–Crippen MR) is 107 cm³/mol. The van der Waals surface area contributed by atoms with Gasteiger partial charge in [-0.05, 0) is 38.0 Å². The van der Waals surface area contributed by atoms with Crippen LogP contribution in [0, 0.1) is 0 Å². The first-order chi connectivity index (χ1) is 13.1. The second-order valence-electron chi connectivity index (χ2n) is 5.52. The van der Waals surface area contributed by atoms with Gasteiger partial charge in [-0.15, -0.1) is 0 Å². The summed E-state index contributed by atoms with van der Waals surface area (Å²) in [7, 11) is -3.56. The molecule has 27 heavy (non-hydrogen) atoms. The highest BCUT2D eigenvalue weighted by Gasteiger charge is 2.49. The number of benzene rings is 2. The quantitative estimate of drug-likeness (QED) is 0.346. The fraction of sp³-hybridized carbons (Fsp3) is 0.286. The standard InChI is InChI=1S/C21H26O5Si/c1-4-23-27(24-5-2,25-6-3)26-21(22)20(19-15-11-8-12-16-19)17-18-13-9-7-10-14-18/h7-17H,4-6H2,1-3H3/b20-17+. The Morgan fingerprint density at radius 1 is 0.815 bits per heavy atom. The molecule has 0 atom stereocenters. The smallest absolute Gasteiger partial charge is 0.448 e. The largest absolute Gasteiger partial charge is 0.751 e. The summed E-state index contributed by atoms with van der Waals surface area (Å²) >= 11 is 0. The normalized spacial score (nSPS) is 12.0. The van der Waals surface area contributed by atoms with E-state index in [9.17, 15) is 4.79 Å². The van der Waals surface area contributed by atoms with E-state index in [4.69, 9.17) is 17.7 Å². The molecular weight excluding hydrogens is 360 g/mol. The van der Waals surface area contributed by atoms with Gasteiger partial charge in [0.15, 0.2) is 0 Å². The summed E-state index contributed by atoms with van der Waals surface area (Å²) in [6.07, 6.45) is 1.79. The highest BCUT2D eigenvalue weighted by atomic mass is 28.4. The molecule has 0 saturated carbocycles. The van der Waals surface area contributed by atoms with E-state index in [0.29, 0.717) is 25.4 Å². The molecule has 144 valence electrons. The Balaban J connectivity index is 2.39. The lowest BCUT2D eigenvalue weighted by Gasteiger charge is -2.26. The van der Waals surface area contributed by atoms with Gasteiger partial charge in [-0.1, -0.05) is 60.7 Å². The summed E-state index contributed by atoms with van der Waals surface area (Å²) in [5.74, 6) is -0.535. The Kier molecular flexibility index (Phi) is 8.41. The van der Waals surface area contributed by atoms with E-state index in [2.05, 4.69) is 0 Å². The molecule has 0 fully saturated rings. The Labute approximate surface area is 162 Å². The molecule has 0 saturated heterocycles. The monoisotopic (exact) mass is 386 g/mol. The van der Waals surface area contributed by atoms with Crippen molar-refractivity contribution in [3.63, 3.8) is 0 Å². The lowest BCUT2D eigenvalue weighted by molar-refractivity contribution is -0.137. The molecule has 0 aliphatic carbocycles. The van der Waals surface area contributed by atoms with Crippen molar-refractivity contribution in [2.45, 2.75) is 20.8 Å².